The topological polar surface area (TPSA) is 90.0 Å². The van der Waals surface area contributed by atoms with Crippen LogP contribution in [0.5, 0.6) is 0 Å². The van der Waals surface area contributed by atoms with E-state index < -0.39 is 10.3 Å². The molecule has 8 heteroatoms. The van der Waals surface area contributed by atoms with E-state index in [9.17, 15) is 13.2 Å². The molecule has 2 aliphatic rings. The second-order valence-corrected chi connectivity index (χ2v) is 8.80. The lowest BCUT2D eigenvalue weighted by Gasteiger charge is -2.38. The van der Waals surface area contributed by atoms with Crippen molar-refractivity contribution in [1.29, 1.82) is 0 Å². The van der Waals surface area contributed by atoms with Gasteiger partial charge in [0.1, 0.15) is 0 Å². The Hall–Kier alpha value is -2.58. The van der Waals surface area contributed by atoms with Crippen LogP contribution >= 0.6 is 0 Å². The van der Waals surface area contributed by atoms with E-state index in [4.69, 9.17) is 4.55 Å². The average molecular weight is 416 g/mol. The van der Waals surface area contributed by atoms with Gasteiger partial charge < -0.3 is 9.80 Å². The van der Waals surface area contributed by atoms with Gasteiger partial charge in [-0.3, -0.25) is 14.1 Å². The summed E-state index contributed by atoms with van der Waals surface area (Å²) in [5, 5.41) is 0. The lowest BCUT2D eigenvalue weighted by atomic mass is 9.83. The lowest BCUT2D eigenvalue weighted by Crippen LogP contribution is -2.51. The van der Waals surface area contributed by atoms with Crippen molar-refractivity contribution in [3.05, 3.63) is 59.7 Å². The summed E-state index contributed by atoms with van der Waals surface area (Å²) < 4.78 is 32.6. The van der Waals surface area contributed by atoms with Crippen molar-refractivity contribution >= 4 is 27.6 Å². The number of carbonyl (C=O) groups is 1. The highest BCUT2D eigenvalue weighted by Crippen LogP contribution is 2.27. The molecule has 2 aromatic rings. The standard InChI is InChI=1S/C21H25N3O4S/c25-21(18-6-5-16-3-1-2-4-17(16)15-18)24-13-11-23(12-14-24)20-9-7-19(8-10-20)22-29(26,27)28/h1-4,7-10,18,22H,5-6,11-15H2,(H,26,27,28). The molecule has 0 bridgehead atoms. The molecule has 0 aromatic heterocycles. The monoisotopic (exact) mass is 415 g/mol. The van der Waals surface area contributed by atoms with Crippen molar-refractivity contribution in [2.75, 3.05) is 35.8 Å². The van der Waals surface area contributed by atoms with Crippen molar-refractivity contribution in [2.45, 2.75) is 19.3 Å². The zero-order chi connectivity index (χ0) is 20.4. The molecule has 1 aliphatic heterocycles. The summed E-state index contributed by atoms with van der Waals surface area (Å²) in [4.78, 5) is 17.2. The minimum Gasteiger partial charge on any atom is -0.368 e. The number of nitrogens with zero attached hydrogens (tertiary/aromatic N) is 2. The van der Waals surface area contributed by atoms with Crippen LogP contribution < -0.4 is 9.62 Å². The Morgan fingerprint density at radius 3 is 2.28 bits per heavy atom. The maximum absolute atomic E-state index is 13.0. The first kappa shape index (κ1) is 19.7. The third-order valence-electron chi connectivity index (χ3n) is 5.77. The van der Waals surface area contributed by atoms with Gasteiger partial charge in [-0.15, -0.1) is 0 Å². The molecule has 0 spiro atoms. The van der Waals surface area contributed by atoms with E-state index in [0.717, 1.165) is 38.0 Å². The molecule has 7 nitrogen and oxygen atoms in total. The Balaban J connectivity index is 1.33. The number of benzene rings is 2. The van der Waals surface area contributed by atoms with Gasteiger partial charge in [-0.25, -0.2) is 0 Å². The second kappa shape index (κ2) is 8.04. The van der Waals surface area contributed by atoms with E-state index >= 15 is 0 Å². The van der Waals surface area contributed by atoms with Gasteiger partial charge in [0, 0.05) is 37.8 Å². The molecule has 29 heavy (non-hydrogen) atoms. The van der Waals surface area contributed by atoms with Crippen molar-refractivity contribution in [3.8, 4) is 0 Å². The molecule has 1 amide bonds. The SMILES string of the molecule is O=C(C1CCc2ccccc2C1)N1CCN(c2ccc(NS(=O)(=O)O)cc2)CC1. The van der Waals surface area contributed by atoms with Crippen LogP contribution in [0.15, 0.2) is 48.5 Å². The van der Waals surface area contributed by atoms with Gasteiger partial charge in [0.15, 0.2) is 0 Å². The fraction of sp³-hybridized carbons (Fsp3) is 0.381. The van der Waals surface area contributed by atoms with E-state index in [-0.39, 0.29) is 11.8 Å². The Morgan fingerprint density at radius 2 is 1.62 bits per heavy atom. The van der Waals surface area contributed by atoms with Crippen LogP contribution in [0.1, 0.15) is 17.5 Å². The maximum Gasteiger partial charge on any atom is 0.357 e. The lowest BCUT2D eigenvalue weighted by molar-refractivity contribution is -0.136. The van der Waals surface area contributed by atoms with Gasteiger partial charge in [-0.1, -0.05) is 24.3 Å². The van der Waals surface area contributed by atoms with Crippen LogP contribution in [0.3, 0.4) is 0 Å². The van der Waals surface area contributed by atoms with Crippen LogP contribution in [0.25, 0.3) is 0 Å². The van der Waals surface area contributed by atoms with Crippen LogP contribution in [0.4, 0.5) is 11.4 Å². The first-order chi connectivity index (χ1) is 13.9. The highest BCUT2D eigenvalue weighted by atomic mass is 32.2. The van der Waals surface area contributed by atoms with E-state index in [2.05, 4.69) is 23.1 Å². The zero-order valence-corrected chi connectivity index (χ0v) is 16.9. The molecule has 0 radical (unpaired) electrons. The molecule has 1 aliphatic carbocycles. The number of amides is 1. The van der Waals surface area contributed by atoms with Gasteiger partial charge >= 0.3 is 10.3 Å². The largest absolute Gasteiger partial charge is 0.368 e. The van der Waals surface area contributed by atoms with Crippen molar-refractivity contribution < 1.29 is 17.8 Å². The number of anilines is 2. The highest BCUT2D eigenvalue weighted by Gasteiger charge is 2.30. The zero-order valence-electron chi connectivity index (χ0n) is 16.1. The number of aryl methyl sites for hydroxylation is 1. The number of nitrogens with one attached hydrogen (secondary N) is 1. The number of hydrogen-bond donors (Lipinski definition) is 2. The van der Waals surface area contributed by atoms with E-state index in [0.29, 0.717) is 18.8 Å². The summed E-state index contributed by atoms with van der Waals surface area (Å²) in [6, 6.07) is 15.2. The van der Waals surface area contributed by atoms with Crippen LogP contribution in [0.2, 0.25) is 0 Å². The average Bonchev–Trinajstić information content (AvgIpc) is 2.72. The predicted molar refractivity (Wildman–Crippen MR) is 112 cm³/mol. The summed E-state index contributed by atoms with van der Waals surface area (Å²) in [6.07, 6.45) is 2.71. The summed E-state index contributed by atoms with van der Waals surface area (Å²) >= 11 is 0. The van der Waals surface area contributed by atoms with Crippen molar-refractivity contribution in [3.63, 3.8) is 0 Å². The Labute approximate surface area is 171 Å². The number of piperazine rings is 1. The minimum absolute atomic E-state index is 0.0715. The predicted octanol–water partition coefficient (Wildman–Crippen LogP) is 2.36. The van der Waals surface area contributed by atoms with E-state index in [1.165, 1.54) is 11.1 Å². The van der Waals surface area contributed by atoms with Gasteiger partial charge in [0.2, 0.25) is 5.91 Å². The molecule has 2 N–H and O–H groups in total. The molecule has 0 saturated carbocycles. The van der Waals surface area contributed by atoms with Gasteiger partial charge in [-0.2, -0.15) is 8.42 Å². The van der Waals surface area contributed by atoms with Gasteiger partial charge in [0.25, 0.3) is 0 Å². The van der Waals surface area contributed by atoms with Crippen molar-refractivity contribution in [2.24, 2.45) is 5.92 Å². The van der Waals surface area contributed by atoms with E-state index in [1.54, 1.807) is 12.1 Å². The molecular formula is C21H25N3O4S. The molecule has 1 heterocycles. The highest BCUT2D eigenvalue weighted by molar-refractivity contribution is 7.87. The number of fused-ring (bicyclic) bond motifs is 1. The Bertz CT molecular complexity index is 983. The summed E-state index contributed by atoms with van der Waals surface area (Å²) in [7, 11) is -4.27. The molecule has 2 aromatic carbocycles. The van der Waals surface area contributed by atoms with Crippen molar-refractivity contribution in [1.82, 2.24) is 4.90 Å². The van der Waals surface area contributed by atoms with Gasteiger partial charge in [0.05, 0.1) is 5.69 Å². The number of rotatable bonds is 4. The molecule has 1 unspecified atom stereocenters. The quantitative estimate of drug-likeness (QED) is 0.749. The number of carbonyl (C=O) groups excluding carboxylic acids is 1. The molecule has 1 atom stereocenters. The van der Waals surface area contributed by atoms with Crippen LogP contribution in [-0.4, -0.2) is 50.0 Å². The van der Waals surface area contributed by atoms with Crippen LogP contribution in [0, 0.1) is 5.92 Å². The summed E-state index contributed by atoms with van der Waals surface area (Å²) in [5.74, 6) is 0.328. The molecular weight excluding hydrogens is 390 g/mol. The van der Waals surface area contributed by atoms with Gasteiger partial charge in [-0.05, 0) is 54.7 Å². The third-order valence-corrected chi connectivity index (χ3v) is 6.26. The fourth-order valence-electron chi connectivity index (χ4n) is 4.24. The van der Waals surface area contributed by atoms with E-state index in [1.807, 2.05) is 27.8 Å². The third kappa shape index (κ3) is 4.71. The molecule has 1 fully saturated rings. The second-order valence-electron chi connectivity index (χ2n) is 7.64. The minimum atomic E-state index is -4.27. The fourth-order valence-corrected chi connectivity index (χ4v) is 4.67. The maximum atomic E-state index is 13.0. The van der Waals surface area contributed by atoms with Crippen LogP contribution in [-0.2, 0) is 27.9 Å². The summed E-state index contributed by atoms with van der Waals surface area (Å²) in [6.45, 7) is 2.84. The smallest absolute Gasteiger partial charge is 0.357 e. The normalized spacial score (nSPS) is 19.6. The first-order valence-electron chi connectivity index (χ1n) is 9.85. The molecule has 154 valence electrons. The Morgan fingerprint density at radius 1 is 0.966 bits per heavy atom. The first-order valence-corrected chi connectivity index (χ1v) is 11.3. The number of hydrogen-bond acceptors (Lipinski definition) is 4. The Kier molecular flexibility index (Phi) is 5.47. The summed E-state index contributed by atoms with van der Waals surface area (Å²) in [5.41, 5.74) is 3.94. The molecule has 1 saturated heterocycles. The molecule has 4 rings (SSSR count).